The molecule has 0 heterocycles. The van der Waals surface area contributed by atoms with Crippen LogP contribution in [0.15, 0.2) is 30.3 Å². The van der Waals surface area contributed by atoms with Crippen molar-refractivity contribution in [1.82, 2.24) is 4.90 Å². The van der Waals surface area contributed by atoms with Crippen molar-refractivity contribution in [1.29, 1.82) is 0 Å². The summed E-state index contributed by atoms with van der Waals surface area (Å²) < 4.78 is 0. The summed E-state index contributed by atoms with van der Waals surface area (Å²) >= 11 is 0. The molecule has 1 nitrogen and oxygen atoms in total. The van der Waals surface area contributed by atoms with Gasteiger partial charge in [-0.3, -0.25) is 0 Å². The first kappa shape index (κ1) is 11.5. The highest BCUT2D eigenvalue weighted by molar-refractivity contribution is 5.85. The standard InChI is InChI=1S/C12H17N.ClH/c1-3-13(2)12-9-11(12)10-7-5-4-6-8-10;/h4-8,11-12H,3,9H2,1-2H3;1H. The fraction of sp³-hybridized carbons (Fsp3) is 0.500. The molecule has 1 aliphatic carbocycles. The molecular formula is C12H18ClN. The van der Waals surface area contributed by atoms with Crippen LogP contribution in [0, 0.1) is 0 Å². The van der Waals surface area contributed by atoms with Crippen molar-refractivity contribution in [2.75, 3.05) is 13.6 Å². The van der Waals surface area contributed by atoms with Gasteiger partial charge < -0.3 is 4.90 Å². The molecule has 2 heteroatoms. The number of likely N-dealkylation sites (N-methyl/N-ethyl adjacent to an activating group) is 1. The summed E-state index contributed by atoms with van der Waals surface area (Å²) in [6.07, 6.45) is 1.34. The van der Waals surface area contributed by atoms with Crippen molar-refractivity contribution in [3.63, 3.8) is 0 Å². The summed E-state index contributed by atoms with van der Waals surface area (Å²) in [5.41, 5.74) is 1.51. The van der Waals surface area contributed by atoms with Crippen LogP contribution < -0.4 is 0 Å². The van der Waals surface area contributed by atoms with Crippen molar-refractivity contribution < 1.29 is 0 Å². The maximum atomic E-state index is 2.44. The SMILES string of the molecule is CCN(C)C1CC1c1ccccc1.Cl. The second-order valence-corrected chi connectivity index (χ2v) is 3.89. The van der Waals surface area contributed by atoms with Gasteiger partial charge >= 0.3 is 0 Å². The third-order valence-corrected chi connectivity index (χ3v) is 3.05. The Bertz CT molecular complexity index is 273. The molecule has 1 aliphatic rings. The first-order valence-corrected chi connectivity index (χ1v) is 5.08. The van der Waals surface area contributed by atoms with E-state index in [0.717, 1.165) is 18.5 Å². The summed E-state index contributed by atoms with van der Waals surface area (Å²) in [4.78, 5) is 2.44. The zero-order valence-corrected chi connectivity index (χ0v) is 9.63. The van der Waals surface area contributed by atoms with Crippen molar-refractivity contribution >= 4 is 12.4 Å². The van der Waals surface area contributed by atoms with Crippen LogP contribution in [0.1, 0.15) is 24.8 Å². The first-order valence-electron chi connectivity index (χ1n) is 5.08. The molecule has 2 unspecified atom stereocenters. The topological polar surface area (TPSA) is 3.24 Å². The smallest absolute Gasteiger partial charge is 0.0168 e. The first-order chi connectivity index (χ1) is 6.33. The van der Waals surface area contributed by atoms with E-state index in [0.29, 0.717) is 0 Å². The number of benzene rings is 1. The van der Waals surface area contributed by atoms with E-state index in [1.54, 1.807) is 0 Å². The Morgan fingerprint density at radius 2 is 1.93 bits per heavy atom. The van der Waals surface area contributed by atoms with Crippen LogP contribution in [0.4, 0.5) is 0 Å². The average Bonchev–Trinajstić information content (AvgIpc) is 2.98. The molecule has 0 bridgehead atoms. The van der Waals surface area contributed by atoms with E-state index in [9.17, 15) is 0 Å². The quantitative estimate of drug-likeness (QED) is 0.743. The number of nitrogens with zero attached hydrogens (tertiary/aromatic N) is 1. The molecule has 2 rings (SSSR count). The minimum absolute atomic E-state index is 0. The molecule has 0 saturated heterocycles. The van der Waals surface area contributed by atoms with Crippen LogP contribution in [0.3, 0.4) is 0 Å². The van der Waals surface area contributed by atoms with Gasteiger partial charge in [-0.25, -0.2) is 0 Å². The van der Waals surface area contributed by atoms with Crippen LogP contribution in [0.5, 0.6) is 0 Å². The predicted octanol–water partition coefficient (Wildman–Crippen LogP) is 2.92. The van der Waals surface area contributed by atoms with Gasteiger partial charge in [-0.05, 0) is 25.6 Å². The average molecular weight is 212 g/mol. The third-order valence-electron chi connectivity index (χ3n) is 3.05. The Balaban J connectivity index is 0.000000980. The normalized spacial score (nSPS) is 24.5. The van der Waals surface area contributed by atoms with Gasteiger partial charge in [0.1, 0.15) is 0 Å². The molecule has 0 radical (unpaired) electrons. The van der Waals surface area contributed by atoms with Crippen LogP contribution in [0.25, 0.3) is 0 Å². The summed E-state index contributed by atoms with van der Waals surface area (Å²) in [7, 11) is 2.22. The molecule has 0 spiro atoms. The molecule has 0 aromatic heterocycles. The molecule has 14 heavy (non-hydrogen) atoms. The van der Waals surface area contributed by atoms with E-state index in [-0.39, 0.29) is 12.4 Å². The molecular weight excluding hydrogens is 194 g/mol. The lowest BCUT2D eigenvalue weighted by molar-refractivity contribution is 0.337. The molecule has 78 valence electrons. The zero-order valence-electron chi connectivity index (χ0n) is 8.81. The fourth-order valence-electron chi connectivity index (χ4n) is 1.96. The number of halogens is 1. The number of hydrogen-bond acceptors (Lipinski definition) is 1. The predicted molar refractivity (Wildman–Crippen MR) is 63.1 cm³/mol. The minimum atomic E-state index is 0. The van der Waals surface area contributed by atoms with E-state index in [2.05, 4.69) is 49.2 Å². The summed E-state index contributed by atoms with van der Waals surface area (Å²) in [6.45, 7) is 3.38. The van der Waals surface area contributed by atoms with Gasteiger partial charge in [0.2, 0.25) is 0 Å². The van der Waals surface area contributed by atoms with E-state index in [1.807, 2.05) is 0 Å². The lowest BCUT2D eigenvalue weighted by Crippen LogP contribution is -2.21. The maximum Gasteiger partial charge on any atom is 0.0168 e. The Morgan fingerprint density at radius 3 is 2.50 bits per heavy atom. The summed E-state index contributed by atoms with van der Waals surface area (Å²) in [5.74, 6) is 0.797. The Morgan fingerprint density at radius 1 is 1.29 bits per heavy atom. The summed E-state index contributed by atoms with van der Waals surface area (Å²) in [5, 5.41) is 0. The van der Waals surface area contributed by atoms with Crippen molar-refractivity contribution in [2.24, 2.45) is 0 Å². The van der Waals surface area contributed by atoms with E-state index in [4.69, 9.17) is 0 Å². The largest absolute Gasteiger partial charge is 0.303 e. The third kappa shape index (κ3) is 2.28. The second kappa shape index (κ2) is 4.81. The Hall–Kier alpha value is -0.530. The molecule has 2 atom stereocenters. The van der Waals surface area contributed by atoms with Gasteiger partial charge in [0.25, 0.3) is 0 Å². The molecule has 1 fully saturated rings. The lowest BCUT2D eigenvalue weighted by Gasteiger charge is -2.13. The van der Waals surface area contributed by atoms with Crippen molar-refractivity contribution in [3.05, 3.63) is 35.9 Å². The monoisotopic (exact) mass is 211 g/mol. The highest BCUT2D eigenvalue weighted by Gasteiger charge is 2.40. The molecule has 1 aromatic rings. The van der Waals surface area contributed by atoms with Gasteiger partial charge in [0.05, 0.1) is 0 Å². The highest BCUT2D eigenvalue weighted by atomic mass is 35.5. The van der Waals surface area contributed by atoms with Crippen LogP contribution in [-0.2, 0) is 0 Å². The van der Waals surface area contributed by atoms with E-state index in [1.165, 1.54) is 12.0 Å². The van der Waals surface area contributed by atoms with Crippen LogP contribution >= 0.6 is 12.4 Å². The zero-order chi connectivity index (χ0) is 9.26. The minimum Gasteiger partial charge on any atom is -0.303 e. The molecule has 1 saturated carbocycles. The molecule has 0 aliphatic heterocycles. The van der Waals surface area contributed by atoms with Gasteiger partial charge in [-0.2, -0.15) is 0 Å². The van der Waals surface area contributed by atoms with Gasteiger partial charge in [0, 0.05) is 12.0 Å². The summed E-state index contributed by atoms with van der Waals surface area (Å²) in [6, 6.07) is 11.6. The van der Waals surface area contributed by atoms with Gasteiger partial charge in [-0.15, -0.1) is 12.4 Å². The van der Waals surface area contributed by atoms with E-state index < -0.39 is 0 Å². The Labute approximate surface area is 92.5 Å². The maximum absolute atomic E-state index is 2.44. The Kier molecular flexibility index (Phi) is 3.97. The van der Waals surface area contributed by atoms with Crippen LogP contribution in [-0.4, -0.2) is 24.5 Å². The van der Waals surface area contributed by atoms with Crippen molar-refractivity contribution in [3.8, 4) is 0 Å². The van der Waals surface area contributed by atoms with Gasteiger partial charge in [0.15, 0.2) is 0 Å². The van der Waals surface area contributed by atoms with Gasteiger partial charge in [-0.1, -0.05) is 37.3 Å². The van der Waals surface area contributed by atoms with Crippen LogP contribution in [0.2, 0.25) is 0 Å². The molecule has 0 amide bonds. The number of hydrogen-bond donors (Lipinski definition) is 0. The number of rotatable bonds is 3. The lowest BCUT2D eigenvalue weighted by atomic mass is 10.1. The highest BCUT2D eigenvalue weighted by Crippen LogP contribution is 2.43. The molecule has 0 N–H and O–H groups in total. The van der Waals surface area contributed by atoms with Crippen molar-refractivity contribution in [2.45, 2.75) is 25.3 Å². The molecule has 1 aromatic carbocycles. The second-order valence-electron chi connectivity index (χ2n) is 3.89. The van der Waals surface area contributed by atoms with E-state index >= 15 is 0 Å². The fourth-order valence-corrected chi connectivity index (χ4v) is 1.96.